The van der Waals surface area contributed by atoms with E-state index < -0.39 is 21.3 Å². The summed E-state index contributed by atoms with van der Waals surface area (Å²) in [6.45, 7) is 4.87. The highest BCUT2D eigenvalue weighted by Crippen LogP contribution is 2.14. The topological polar surface area (TPSA) is 89.0 Å². The number of sulfonamides is 1. The second-order valence-electron chi connectivity index (χ2n) is 4.23. The molecule has 88 valence electrons. The molecule has 0 saturated carbocycles. The van der Waals surface area contributed by atoms with Gasteiger partial charge in [-0.3, -0.25) is 4.79 Å². The summed E-state index contributed by atoms with van der Waals surface area (Å²) in [5.41, 5.74) is -0.778. The zero-order valence-electron chi connectivity index (χ0n) is 9.26. The Morgan fingerprint density at radius 1 is 1.38 bits per heavy atom. The molecule has 0 aliphatic rings. The Kier molecular flexibility index (Phi) is 3.27. The molecule has 1 N–H and O–H groups in total. The molecule has 16 heavy (non-hydrogen) atoms. The minimum absolute atomic E-state index is 0.222. The minimum atomic E-state index is -3.89. The molecule has 1 heterocycles. The number of carbonyl (C=O) groups excluding carboxylic acids is 1. The van der Waals surface area contributed by atoms with E-state index in [1.807, 2.05) is 4.72 Å². The number of nitrogens with one attached hydrogen (secondary N) is 1. The summed E-state index contributed by atoms with van der Waals surface area (Å²) in [7, 11) is -3.89. The summed E-state index contributed by atoms with van der Waals surface area (Å²) in [6.07, 6.45) is 2.40. The Bertz CT molecular complexity index is 476. The van der Waals surface area contributed by atoms with E-state index in [1.165, 1.54) is 12.3 Å². The smallest absolute Gasteiger partial charge is 0.273 e. The fourth-order valence-electron chi connectivity index (χ4n) is 0.765. The summed E-state index contributed by atoms with van der Waals surface area (Å²) in [6, 6.07) is 1.22. The maximum Gasteiger partial charge on any atom is 0.281 e. The van der Waals surface area contributed by atoms with Crippen molar-refractivity contribution in [3.05, 3.63) is 18.6 Å². The lowest BCUT2D eigenvalue weighted by molar-refractivity contribution is -0.126. The van der Waals surface area contributed by atoms with Gasteiger partial charge in [-0.25, -0.2) is 14.7 Å². The molecule has 1 rings (SSSR count). The highest BCUT2D eigenvalue weighted by molar-refractivity contribution is 7.90. The van der Waals surface area contributed by atoms with Crippen LogP contribution in [-0.2, 0) is 14.8 Å². The van der Waals surface area contributed by atoms with Crippen LogP contribution in [0, 0.1) is 5.41 Å². The quantitative estimate of drug-likeness (QED) is 0.756. The van der Waals surface area contributed by atoms with Crippen LogP contribution in [0.4, 0.5) is 0 Å². The van der Waals surface area contributed by atoms with Crippen LogP contribution in [0.5, 0.6) is 0 Å². The van der Waals surface area contributed by atoms with Crippen LogP contribution in [0.25, 0.3) is 0 Å². The van der Waals surface area contributed by atoms with Crippen LogP contribution in [0.15, 0.2) is 23.6 Å². The van der Waals surface area contributed by atoms with Crippen molar-refractivity contribution < 1.29 is 13.2 Å². The molecular formula is C9H13N3O3S. The van der Waals surface area contributed by atoms with Crippen LogP contribution in [0.3, 0.4) is 0 Å². The first kappa shape index (κ1) is 12.6. The van der Waals surface area contributed by atoms with Gasteiger partial charge in [0.1, 0.15) is 6.33 Å². The molecule has 0 atom stereocenters. The van der Waals surface area contributed by atoms with Gasteiger partial charge in [0.15, 0.2) is 5.03 Å². The maximum absolute atomic E-state index is 11.7. The largest absolute Gasteiger partial charge is 0.281 e. The SMILES string of the molecule is CC(C)(C)C(=O)NS(=O)(=O)c1ccncn1. The second-order valence-corrected chi connectivity index (χ2v) is 5.86. The first-order chi connectivity index (χ1) is 7.23. The normalized spacial score (nSPS) is 12.2. The molecule has 0 radical (unpaired) electrons. The molecule has 7 heteroatoms. The molecule has 0 bridgehead atoms. The number of hydrogen-bond donors (Lipinski definition) is 1. The van der Waals surface area contributed by atoms with E-state index in [1.54, 1.807) is 20.8 Å². The predicted octanol–water partition coefficient (Wildman–Crippen LogP) is 0.328. The van der Waals surface area contributed by atoms with Crippen molar-refractivity contribution in [2.24, 2.45) is 5.41 Å². The van der Waals surface area contributed by atoms with Gasteiger partial charge in [0.05, 0.1) is 0 Å². The van der Waals surface area contributed by atoms with Crippen molar-refractivity contribution in [3.8, 4) is 0 Å². The lowest BCUT2D eigenvalue weighted by Gasteiger charge is -2.17. The van der Waals surface area contributed by atoms with Gasteiger partial charge < -0.3 is 0 Å². The van der Waals surface area contributed by atoms with Gasteiger partial charge >= 0.3 is 0 Å². The molecule has 1 aromatic heterocycles. The Labute approximate surface area is 94.2 Å². The Hall–Kier alpha value is -1.50. The summed E-state index contributed by atoms with van der Waals surface area (Å²) in [5, 5.41) is -0.222. The number of carbonyl (C=O) groups is 1. The highest BCUT2D eigenvalue weighted by atomic mass is 32.2. The molecular weight excluding hydrogens is 230 g/mol. The van der Waals surface area contributed by atoms with Crippen LogP contribution >= 0.6 is 0 Å². The lowest BCUT2D eigenvalue weighted by Crippen LogP contribution is -2.39. The maximum atomic E-state index is 11.7. The Morgan fingerprint density at radius 3 is 2.44 bits per heavy atom. The third kappa shape index (κ3) is 2.99. The summed E-state index contributed by atoms with van der Waals surface area (Å²) < 4.78 is 25.3. The number of nitrogens with zero attached hydrogens (tertiary/aromatic N) is 2. The monoisotopic (exact) mass is 243 g/mol. The van der Waals surface area contributed by atoms with E-state index >= 15 is 0 Å². The Balaban J connectivity index is 2.95. The van der Waals surface area contributed by atoms with Gasteiger partial charge in [-0.2, -0.15) is 8.42 Å². The minimum Gasteiger partial charge on any atom is -0.273 e. The van der Waals surface area contributed by atoms with E-state index in [-0.39, 0.29) is 5.03 Å². The molecule has 0 spiro atoms. The van der Waals surface area contributed by atoms with Gasteiger partial charge in [-0.15, -0.1) is 0 Å². The van der Waals surface area contributed by atoms with Gasteiger partial charge in [0.2, 0.25) is 5.91 Å². The van der Waals surface area contributed by atoms with Gasteiger partial charge in [0.25, 0.3) is 10.0 Å². The summed E-state index contributed by atoms with van der Waals surface area (Å²) in [4.78, 5) is 18.7. The van der Waals surface area contributed by atoms with Gasteiger partial charge in [-0.05, 0) is 6.07 Å². The zero-order chi connectivity index (χ0) is 12.4. The van der Waals surface area contributed by atoms with E-state index in [0.29, 0.717) is 0 Å². The van der Waals surface area contributed by atoms with E-state index in [2.05, 4.69) is 9.97 Å². The molecule has 1 amide bonds. The number of rotatable bonds is 2. The fraction of sp³-hybridized carbons (Fsp3) is 0.444. The molecule has 0 aromatic carbocycles. The molecule has 0 fully saturated rings. The van der Waals surface area contributed by atoms with Crippen molar-refractivity contribution in [2.75, 3.05) is 0 Å². The summed E-state index contributed by atoms with van der Waals surface area (Å²) in [5.74, 6) is -0.578. The van der Waals surface area contributed by atoms with Crippen molar-refractivity contribution in [2.45, 2.75) is 25.8 Å². The second kappa shape index (κ2) is 4.17. The molecule has 0 saturated heterocycles. The Morgan fingerprint density at radius 2 is 2.00 bits per heavy atom. The van der Waals surface area contributed by atoms with E-state index in [4.69, 9.17) is 0 Å². The van der Waals surface area contributed by atoms with Crippen LogP contribution in [0.2, 0.25) is 0 Å². The molecule has 0 aliphatic carbocycles. The van der Waals surface area contributed by atoms with E-state index in [0.717, 1.165) is 6.33 Å². The fourth-order valence-corrected chi connectivity index (χ4v) is 1.85. The first-order valence-corrected chi connectivity index (χ1v) is 6.05. The third-order valence-electron chi connectivity index (χ3n) is 1.74. The van der Waals surface area contributed by atoms with Crippen molar-refractivity contribution >= 4 is 15.9 Å². The van der Waals surface area contributed by atoms with E-state index in [9.17, 15) is 13.2 Å². The predicted molar refractivity (Wildman–Crippen MR) is 56.8 cm³/mol. The number of hydrogen-bond acceptors (Lipinski definition) is 5. The summed E-state index contributed by atoms with van der Waals surface area (Å²) >= 11 is 0. The molecule has 0 unspecified atom stereocenters. The standard InChI is InChI=1S/C9H13N3O3S/c1-9(2,3)8(13)12-16(14,15)7-4-5-10-6-11-7/h4-6H,1-3H3,(H,12,13). The lowest BCUT2D eigenvalue weighted by atomic mass is 9.96. The van der Waals surface area contributed by atoms with Crippen molar-refractivity contribution in [3.63, 3.8) is 0 Å². The molecule has 6 nitrogen and oxygen atoms in total. The average molecular weight is 243 g/mol. The van der Waals surface area contributed by atoms with Crippen molar-refractivity contribution in [1.29, 1.82) is 0 Å². The van der Waals surface area contributed by atoms with Crippen LogP contribution in [-0.4, -0.2) is 24.3 Å². The number of amides is 1. The number of aromatic nitrogens is 2. The first-order valence-electron chi connectivity index (χ1n) is 4.57. The molecule has 0 aliphatic heterocycles. The van der Waals surface area contributed by atoms with Crippen LogP contribution in [0.1, 0.15) is 20.8 Å². The third-order valence-corrected chi connectivity index (χ3v) is 2.98. The zero-order valence-corrected chi connectivity index (χ0v) is 10.1. The van der Waals surface area contributed by atoms with Crippen molar-refractivity contribution in [1.82, 2.24) is 14.7 Å². The van der Waals surface area contributed by atoms with Gasteiger partial charge in [0, 0.05) is 11.6 Å². The van der Waals surface area contributed by atoms with Crippen LogP contribution < -0.4 is 4.72 Å². The van der Waals surface area contributed by atoms with Gasteiger partial charge in [-0.1, -0.05) is 20.8 Å². The highest BCUT2D eigenvalue weighted by Gasteiger charge is 2.27. The molecule has 1 aromatic rings. The average Bonchev–Trinajstić information content (AvgIpc) is 2.17.